The summed E-state index contributed by atoms with van der Waals surface area (Å²) in [4.78, 5) is 14.6. The van der Waals surface area contributed by atoms with Crippen LogP contribution in [0.25, 0.3) is 0 Å². The molecule has 76 valence electrons. The molecule has 0 spiro atoms. The first-order valence-corrected chi connectivity index (χ1v) is 4.81. The van der Waals surface area contributed by atoms with E-state index in [1.807, 2.05) is 0 Å². The fourth-order valence-corrected chi connectivity index (χ4v) is 1.56. The van der Waals surface area contributed by atoms with Gasteiger partial charge in [-0.15, -0.1) is 0 Å². The lowest BCUT2D eigenvalue weighted by molar-refractivity contribution is -0.133. The van der Waals surface area contributed by atoms with E-state index in [9.17, 15) is 4.79 Å². The van der Waals surface area contributed by atoms with Gasteiger partial charge in [-0.2, -0.15) is 0 Å². The molecule has 0 aliphatic carbocycles. The van der Waals surface area contributed by atoms with Crippen LogP contribution in [0.5, 0.6) is 0 Å². The molecule has 0 aromatic rings. The monoisotopic (exact) mass is 233 g/mol. The van der Waals surface area contributed by atoms with Crippen molar-refractivity contribution >= 4 is 34.3 Å². The number of allylic oxidation sites excluding steroid dienone is 2. The third-order valence-corrected chi connectivity index (χ3v) is 2.34. The molecule has 1 atom stereocenters. The van der Waals surface area contributed by atoms with Gasteiger partial charge >= 0.3 is 5.97 Å². The Morgan fingerprint density at radius 1 is 1.64 bits per heavy atom. The zero-order valence-electron chi connectivity index (χ0n) is 7.50. The Morgan fingerprint density at radius 3 is 2.86 bits per heavy atom. The van der Waals surface area contributed by atoms with E-state index in [0.717, 1.165) is 0 Å². The van der Waals surface area contributed by atoms with Crippen molar-refractivity contribution in [3.63, 3.8) is 0 Å². The second kappa shape index (κ2) is 4.62. The number of hydrogen-bond donors (Lipinski definition) is 1. The van der Waals surface area contributed by atoms with Crippen LogP contribution in [0.15, 0.2) is 27.9 Å². The quantitative estimate of drug-likeness (QED) is 0.709. The third kappa shape index (κ3) is 2.86. The Bertz CT molecular complexity index is 345. The zero-order valence-corrected chi connectivity index (χ0v) is 9.01. The van der Waals surface area contributed by atoms with Crippen molar-refractivity contribution in [3.05, 3.63) is 22.9 Å². The second-order valence-electron chi connectivity index (χ2n) is 3.00. The maximum Gasteiger partial charge on any atom is 0.331 e. The normalized spacial score (nSPS) is 26.5. The average molecular weight is 234 g/mol. The van der Waals surface area contributed by atoms with Crippen molar-refractivity contribution in [1.82, 2.24) is 0 Å². The molecule has 1 heterocycles. The fraction of sp³-hybridized carbons (Fsp3) is 0.333. The minimum Gasteiger partial charge on any atom is -0.478 e. The lowest BCUT2D eigenvalue weighted by Crippen LogP contribution is -2.11. The van der Waals surface area contributed by atoms with E-state index in [2.05, 4.69) is 4.99 Å². The number of carboxylic acid groups (broad SMARTS) is 1. The first kappa shape index (κ1) is 11.3. The Morgan fingerprint density at radius 2 is 2.29 bits per heavy atom. The minimum atomic E-state index is -0.975. The van der Waals surface area contributed by atoms with E-state index < -0.39 is 5.97 Å². The molecular formula is C9H9Cl2NO2. The van der Waals surface area contributed by atoms with E-state index in [1.165, 1.54) is 6.08 Å². The smallest absolute Gasteiger partial charge is 0.331 e. The number of halogens is 2. The number of aliphatic carboxylic acids is 1. The molecule has 0 saturated heterocycles. The fourth-order valence-electron chi connectivity index (χ4n) is 1.12. The van der Waals surface area contributed by atoms with Crippen LogP contribution >= 0.6 is 23.2 Å². The highest BCUT2D eigenvalue weighted by Gasteiger charge is 2.17. The highest BCUT2D eigenvalue weighted by atomic mass is 35.5. The molecule has 1 aliphatic rings. The average Bonchev–Trinajstić information content (AvgIpc) is 2.08. The summed E-state index contributed by atoms with van der Waals surface area (Å²) in [5, 5.41) is 9.26. The molecule has 0 saturated carbocycles. The molecule has 5 heteroatoms. The van der Waals surface area contributed by atoms with Gasteiger partial charge in [0.25, 0.3) is 0 Å². The molecule has 0 fully saturated rings. The van der Waals surface area contributed by atoms with Gasteiger partial charge in [-0.1, -0.05) is 30.1 Å². The molecule has 0 aromatic carbocycles. The second-order valence-corrected chi connectivity index (χ2v) is 3.78. The van der Waals surface area contributed by atoms with Crippen LogP contribution in [0, 0.1) is 5.92 Å². The van der Waals surface area contributed by atoms with Crippen molar-refractivity contribution in [2.45, 2.75) is 13.3 Å². The molecule has 1 N–H and O–H groups in total. The van der Waals surface area contributed by atoms with Crippen LogP contribution in [0.4, 0.5) is 0 Å². The number of hydrogen-bond acceptors (Lipinski definition) is 2. The molecule has 0 amide bonds. The SMILES string of the molecule is CC1C/C=C(\Cl)N=C(Cl)C=C1C(=O)O. The number of rotatable bonds is 1. The van der Waals surface area contributed by atoms with Gasteiger partial charge in [-0.05, 0) is 24.5 Å². The molecule has 0 radical (unpaired) electrons. The maximum absolute atomic E-state index is 10.8. The summed E-state index contributed by atoms with van der Waals surface area (Å²) < 4.78 is 0. The van der Waals surface area contributed by atoms with E-state index in [-0.39, 0.29) is 16.7 Å². The Balaban J connectivity index is 3.09. The zero-order chi connectivity index (χ0) is 10.7. The lowest BCUT2D eigenvalue weighted by Gasteiger charge is -2.11. The summed E-state index contributed by atoms with van der Waals surface area (Å²) in [5.74, 6) is -1.09. The van der Waals surface area contributed by atoms with Crippen molar-refractivity contribution in [2.75, 3.05) is 0 Å². The summed E-state index contributed by atoms with van der Waals surface area (Å²) in [6.07, 6.45) is 3.54. The molecule has 0 aromatic heterocycles. The number of aliphatic imine (C=N–C) groups is 1. The van der Waals surface area contributed by atoms with Crippen LogP contribution in [0.3, 0.4) is 0 Å². The summed E-state index contributed by atoms with van der Waals surface area (Å²) >= 11 is 11.4. The molecule has 0 bridgehead atoms. The van der Waals surface area contributed by atoms with E-state index in [1.54, 1.807) is 13.0 Å². The van der Waals surface area contributed by atoms with Gasteiger partial charge in [-0.25, -0.2) is 9.79 Å². The number of carboxylic acids is 1. The molecule has 1 unspecified atom stereocenters. The van der Waals surface area contributed by atoms with Crippen LogP contribution in [0.1, 0.15) is 13.3 Å². The first-order chi connectivity index (χ1) is 6.50. The Kier molecular flexibility index (Phi) is 3.72. The predicted molar refractivity (Wildman–Crippen MR) is 56.7 cm³/mol. The summed E-state index contributed by atoms with van der Waals surface area (Å²) in [5.41, 5.74) is 0.249. The highest BCUT2D eigenvalue weighted by molar-refractivity contribution is 6.69. The molecular weight excluding hydrogens is 225 g/mol. The van der Waals surface area contributed by atoms with Crippen LogP contribution in [0.2, 0.25) is 0 Å². The van der Waals surface area contributed by atoms with Gasteiger partial charge in [0.05, 0.1) is 0 Å². The van der Waals surface area contributed by atoms with Gasteiger partial charge < -0.3 is 5.11 Å². The van der Waals surface area contributed by atoms with E-state index in [4.69, 9.17) is 28.3 Å². The third-order valence-electron chi connectivity index (χ3n) is 1.91. The van der Waals surface area contributed by atoms with Gasteiger partial charge in [0.1, 0.15) is 10.3 Å². The molecule has 1 aliphatic heterocycles. The Hall–Kier alpha value is -0.800. The van der Waals surface area contributed by atoms with Crippen molar-refractivity contribution in [3.8, 4) is 0 Å². The Labute approximate surface area is 91.7 Å². The maximum atomic E-state index is 10.8. The van der Waals surface area contributed by atoms with Crippen LogP contribution < -0.4 is 0 Å². The van der Waals surface area contributed by atoms with Gasteiger partial charge in [0, 0.05) is 5.57 Å². The summed E-state index contributed by atoms with van der Waals surface area (Å²) in [6.45, 7) is 1.80. The van der Waals surface area contributed by atoms with Crippen molar-refractivity contribution < 1.29 is 9.90 Å². The summed E-state index contributed by atoms with van der Waals surface area (Å²) in [7, 11) is 0. The predicted octanol–water partition coefficient (Wildman–Crippen LogP) is 2.75. The van der Waals surface area contributed by atoms with Crippen LogP contribution in [-0.2, 0) is 4.79 Å². The van der Waals surface area contributed by atoms with Crippen molar-refractivity contribution in [2.24, 2.45) is 10.9 Å². The molecule has 1 rings (SSSR count). The van der Waals surface area contributed by atoms with Gasteiger partial charge in [0.15, 0.2) is 0 Å². The first-order valence-electron chi connectivity index (χ1n) is 4.05. The molecule has 3 nitrogen and oxygen atoms in total. The van der Waals surface area contributed by atoms with Crippen molar-refractivity contribution in [1.29, 1.82) is 0 Å². The number of carbonyl (C=O) groups is 1. The van der Waals surface area contributed by atoms with E-state index >= 15 is 0 Å². The molecule has 14 heavy (non-hydrogen) atoms. The lowest BCUT2D eigenvalue weighted by atomic mass is 9.97. The largest absolute Gasteiger partial charge is 0.478 e. The topological polar surface area (TPSA) is 49.7 Å². The minimum absolute atomic E-state index is 0.0928. The highest BCUT2D eigenvalue weighted by Crippen LogP contribution is 2.21. The number of nitrogens with zero attached hydrogens (tertiary/aromatic N) is 1. The summed E-state index contributed by atoms with van der Waals surface area (Å²) in [6, 6.07) is 0. The standard InChI is InChI=1S/C9H9Cl2NO2/c1-5-2-3-7(10)12-8(11)4-6(5)9(13)14/h3-5H,2H2,1H3,(H,13,14)/b6-4?,7-3+,12-8?. The van der Waals surface area contributed by atoms with Gasteiger partial charge in [0.2, 0.25) is 0 Å². The van der Waals surface area contributed by atoms with Crippen LogP contribution in [-0.4, -0.2) is 16.2 Å². The van der Waals surface area contributed by atoms with Gasteiger partial charge in [-0.3, -0.25) is 0 Å². The van der Waals surface area contributed by atoms with E-state index in [0.29, 0.717) is 11.6 Å².